The fourth-order valence-corrected chi connectivity index (χ4v) is 1.45. The highest BCUT2D eigenvalue weighted by Crippen LogP contribution is 2.09. The Balaban J connectivity index is 3.34. The summed E-state index contributed by atoms with van der Waals surface area (Å²) in [5.74, 6) is 0.776. The zero-order valence-electron chi connectivity index (χ0n) is 11.1. The van der Waals surface area contributed by atoms with Crippen LogP contribution in [-0.2, 0) is 9.47 Å². The van der Waals surface area contributed by atoms with E-state index in [2.05, 4.69) is 27.7 Å². The van der Waals surface area contributed by atoms with Gasteiger partial charge >= 0.3 is 0 Å². The van der Waals surface area contributed by atoms with Crippen molar-refractivity contribution in [3.05, 3.63) is 0 Å². The maximum atomic E-state index is 5.73. The summed E-state index contributed by atoms with van der Waals surface area (Å²) < 4.78 is 11.2. The van der Waals surface area contributed by atoms with Gasteiger partial charge < -0.3 is 9.47 Å². The maximum Gasteiger partial charge on any atom is 0.0568 e. The van der Waals surface area contributed by atoms with Crippen LogP contribution in [0.3, 0.4) is 0 Å². The van der Waals surface area contributed by atoms with Crippen LogP contribution in [0.15, 0.2) is 0 Å². The van der Waals surface area contributed by atoms with Gasteiger partial charge in [-0.15, -0.1) is 0 Å². The van der Waals surface area contributed by atoms with Gasteiger partial charge in [-0.05, 0) is 46.0 Å². The summed E-state index contributed by atoms with van der Waals surface area (Å²) in [6.07, 6.45) is 4.14. The van der Waals surface area contributed by atoms with Crippen molar-refractivity contribution in [2.45, 2.75) is 66.1 Å². The molecule has 0 aliphatic heterocycles. The quantitative estimate of drug-likeness (QED) is 0.586. The van der Waals surface area contributed by atoms with Crippen molar-refractivity contribution in [1.82, 2.24) is 0 Å². The summed E-state index contributed by atoms with van der Waals surface area (Å²) in [6.45, 7) is 12.4. The molecule has 0 radical (unpaired) electrons. The average molecular weight is 216 g/mol. The molecule has 0 spiro atoms. The van der Waals surface area contributed by atoms with Gasteiger partial charge in [0.15, 0.2) is 0 Å². The van der Waals surface area contributed by atoms with Crippen molar-refractivity contribution in [1.29, 1.82) is 0 Å². The first-order valence-corrected chi connectivity index (χ1v) is 6.29. The second kappa shape index (κ2) is 9.17. The predicted molar refractivity (Wildman–Crippen MR) is 65.2 cm³/mol. The van der Waals surface area contributed by atoms with E-state index in [1.54, 1.807) is 0 Å². The van der Waals surface area contributed by atoms with Gasteiger partial charge in [-0.25, -0.2) is 0 Å². The zero-order chi connectivity index (χ0) is 11.7. The van der Waals surface area contributed by atoms with Gasteiger partial charge in [0.1, 0.15) is 0 Å². The minimum atomic E-state index is 0.326. The third kappa shape index (κ3) is 10.2. The molecule has 0 aliphatic rings. The monoisotopic (exact) mass is 216 g/mol. The lowest BCUT2D eigenvalue weighted by molar-refractivity contribution is 0.0111. The first-order valence-electron chi connectivity index (χ1n) is 6.29. The van der Waals surface area contributed by atoms with Gasteiger partial charge in [-0.2, -0.15) is 0 Å². The second-order valence-corrected chi connectivity index (χ2v) is 4.71. The Morgan fingerprint density at radius 3 is 1.93 bits per heavy atom. The number of rotatable bonds is 9. The Labute approximate surface area is 95.3 Å². The van der Waals surface area contributed by atoms with Crippen molar-refractivity contribution in [3.8, 4) is 0 Å². The van der Waals surface area contributed by atoms with Crippen LogP contribution in [0.5, 0.6) is 0 Å². The van der Waals surface area contributed by atoms with Gasteiger partial charge in [0, 0.05) is 13.2 Å². The van der Waals surface area contributed by atoms with Crippen LogP contribution < -0.4 is 0 Å². The summed E-state index contributed by atoms with van der Waals surface area (Å²) >= 11 is 0. The van der Waals surface area contributed by atoms with Crippen LogP contribution in [0.1, 0.15) is 53.9 Å². The molecule has 15 heavy (non-hydrogen) atoms. The predicted octanol–water partition coefficient (Wildman–Crippen LogP) is 3.64. The van der Waals surface area contributed by atoms with Crippen molar-refractivity contribution >= 4 is 0 Å². The smallest absolute Gasteiger partial charge is 0.0568 e. The van der Waals surface area contributed by atoms with Crippen LogP contribution in [0.2, 0.25) is 0 Å². The molecule has 0 fully saturated rings. The fourth-order valence-electron chi connectivity index (χ4n) is 1.45. The molecule has 2 heteroatoms. The molecule has 0 rings (SSSR count). The highest BCUT2D eigenvalue weighted by atomic mass is 16.5. The number of hydrogen-bond acceptors (Lipinski definition) is 2. The van der Waals surface area contributed by atoms with E-state index in [1.165, 1.54) is 12.8 Å². The molecule has 2 atom stereocenters. The largest absolute Gasteiger partial charge is 0.379 e. The Kier molecular flexibility index (Phi) is 9.12. The molecule has 2 unspecified atom stereocenters. The Bertz CT molecular complexity index is 134. The Hall–Kier alpha value is -0.0800. The molecule has 0 bridgehead atoms. The van der Waals surface area contributed by atoms with Gasteiger partial charge in [0.05, 0.1) is 12.2 Å². The van der Waals surface area contributed by atoms with Crippen LogP contribution >= 0.6 is 0 Å². The normalized spacial score (nSPS) is 15.6. The molecular weight excluding hydrogens is 188 g/mol. The highest BCUT2D eigenvalue weighted by Gasteiger charge is 2.05. The van der Waals surface area contributed by atoms with E-state index in [4.69, 9.17) is 9.47 Å². The lowest BCUT2D eigenvalue weighted by Crippen LogP contribution is -2.15. The molecule has 0 saturated carbocycles. The fraction of sp³-hybridized carbons (Fsp3) is 1.00. The van der Waals surface area contributed by atoms with Gasteiger partial charge in [0.2, 0.25) is 0 Å². The zero-order valence-corrected chi connectivity index (χ0v) is 11.1. The Morgan fingerprint density at radius 2 is 1.40 bits per heavy atom. The molecule has 2 nitrogen and oxygen atoms in total. The van der Waals surface area contributed by atoms with E-state index in [0.717, 1.165) is 25.6 Å². The second-order valence-electron chi connectivity index (χ2n) is 4.71. The van der Waals surface area contributed by atoms with Crippen molar-refractivity contribution in [2.75, 3.05) is 13.2 Å². The molecule has 0 saturated heterocycles. The summed E-state index contributed by atoms with van der Waals surface area (Å²) in [5, 5.41) is 0. The summed E-state index contributed by atoms with van der Waals surface area (Å²) in [4.78, 5) is 0. The summed E-state index contributed by atoms with van der Waals surface area (Å²) in [6, 6.07) is 0. The SMILES string of the molecule is CCOC(C)CCOC(C)CCC(C)C. The molecular formula is C13H28O2. The minimum absolute atomic E-state index is 0.326. The average Bonchev–Trinajstić information content (AvgIpc) is 2.15. The van der Waals surface area contributed by atoms with E-state index in [1.807, 2.05) is 6.92 Å². The molecule has 0 aromatic heterocycles. The van der Waals surface area contributed by atoms with E-state index in [-0.39, 0.29) is 0 Å². The van der Waals surface area contributed by atoms with Gasteiger partial charge in [0.25, 0.3) is 0 Å². The van der Waals surface area contributed by atoms with E-state index in [9.17, 15) is 0 Å². The highest BCUT2D eigenvalue weighted by molar-refractivity contribution is 4.55. The number of ether oxygens (including phenoxy) is 2. The van der Waals surface area contributed by atoms with Crippen LogP contribution in [0, 0.1) is 5.92 Å². The van der Waals surface area contributed by atoms with Gasteiger partial charge in [-0.3, -0.25) is 0 Å². The third-order valence-corrected chi connectivity index (χ3v) is 2.53. The lowest BCUT2D eigenvalue weighted by Gasteiger charge is -2.16. The van der Waals surface area contributed by atoms with Crippen LogP contribution in [0.25, 0.3) is 0 Å². The third-order valence-electron chi connectivity index (χ3n) is 2.53. The number of hydrogen-bond donors (Lipinski definition) is 0. The molecule has 0 aliphatic carbocycles. The van der Waals surface area contributed by atoms with Gasteiger partial charge in [-0.1, -0.05) is 13.8 Å². The molecule has 0 N–H and O–H groups in total. The standard InChI is InChI=1S/C13H28O2/c1-6-14-13(5)9-10-15-12(4)8-7-11(2)3/h11-13H,6-10H2,1-5H3. The summed E-state index contributed by atoms with van der Waals surface area (Å²) in [7, 11) is 0. The first kappa shape index (κ1) is 14.9. The Morgan fingerprint density at radius 1 is 0.800 bits per heavy atom. The van der Waals surface area contributed by atoms with Crippen LogP contribution in [-0.4, -0.2) is 25.4 Å². The molecule has 0 amide bonds. The van der Waals surface area contributed by atoms with Crippen molar-refractivity contribution in [3.63, 3.8) is 0 Å². The first-order chi connectivity index (χ1) is 7.06. The maximum absolute atomic E-state index is 5.73. The molecule has 92 valence electrons. The summed E-state index contributed by atoms with van der Waals surface area (Å²) in [5.41, 5.74) is 0. The lowest BCUT2D eigenvalue weighted by atomic mass is 10.1. The molecule has 0 aromatic rings. The molecule has 0 aromatic carbocycles. The van der Waals surface area contributed by atoms with Crippen LogP contribution in [0.4, 0.5) is 0 Å². The van der Waals surface area contributed by atoms with E-state index < -0.39 is 0 Å². The van der Waals surface area contributed by atoms with Crippen molar-refractivity contribution < 1.29 is 9.47 Å². The minimum Gasteiger partial charge on any atom is -0.379 e. The van der Waals surface area contributed by atoms with E-state index >= 15 is 0 Å². The topological polar surface area (TPSA) is 18.5 Å². The van der Waals surface area contributed by atoms with Crippen molar-refractivity contribution in [2.24, 2.45) is 5.92 Å². The molecule has 0 heterocycles. The van der Waals surface area contributed by atoms with E-state index in [0.29, 0.717) is 12.2 Å².